The van der Waals surface area contributed by atoms with Gasteiger partial charge in [0.25, 0.3) is 0 Å². The minimum atomic E-state index is -0.000185. The molecule has 1 aliphatic carbocycles. The van der Waals surface area contributed by atoms with Gasteiger partial charge in [-0.1, -0.05) is 32.4 Å². The zero-order chi connectivity index (χ0) is 16.8. The van der Waals surface area contributed by atoms with E-state index in [4.69, 9.17) is 10.5 Å². The Morgan fingerprint density at radius 2 is 1.96 bits per heavy atom. The van der Waals surface area contributed by atoms with E-state index in [1.54, 1.807) is 0 Å². The maximum Gasteiger partial charge on any atom is 0.223 e. The summed E-state index contributed by atoms with van der Waals surface area (Å²) in [7, 11) is 0. The van der Waals surface area contributed by atoms with Crippen molar-refractivity contribution in [3.63, 3.8) is 0 Å². The number of carbonyl (C=O) groups is 1. The first-order chi connectivity index (χ1) is 11.0. The van der Waals surface area contributed by atoms with Crippen molar-refractivity contribution in [2.75, 3.05) is 6.61 Å². The van der Waals surface area contributed by atoms with Gasteiger partial charge < -0.3 is 15.8 Å². The summed E-state index contributed by atoms with van der Waals surface area (Å²) < 4.78 is 5.69. The summed E-state index contributed by atoms with van der Waals surface area (Å²) in [4.78, 5) is 12.4. The van der Waals surface area contributed by atoms with Gasteiger partial charge in [0.1, 0.15) is 5.75 Å². The molecule has 1 amide bonds. The molecule has 4 nitrogen and oxygen atoms in total. The van der Waals surface area contributed by atoms with Crippen molar-refractivity contribution in [3.8, 4) is 5.75 Å². The third-order valence-corrected chi connectivity index (χ3v) is 4.41. The molecule has 3 atom stereocenters. The fraction of sp³-hybridized carbons (Fsp3) is 0.632. The van der Waals surface area contributed by atoms with Crippen molar-refractivity contribution in [1.29, 1.82) is 0 Å². The molecule has 2 rings (SSSR count). The fourth-order valence-corrected chi connectivity index (χ4v) is 3.00. The predicted molar refractivity (Wildman–Crippen MR) is 93.3 cm³/mol. The zero-order valence-corrected chi connectivity index (χ0v) is 14.5. The maximum absolute atomic E-state index is 12.4. The first-order valence-corrected chi connectivity index (χ1v) is 8.74. The Labute approximate surface area is 139 Å². The second-order valence-electron chi connectivity index (χ2n) is 7.13. The Balaban J connectivity index is 1.87. The van der Waals surface area contributed by atoms with Crippen LogP contribution in [-0.2, 0) is 4.79 Å². The topological polar surface area (TPSA) is 64.3 Å². The number of nitrogens with two attached hydrogens (primary N) is 1. The van der Waals surface area contributed by atoms with E-state index in [9.17, 15) is 4.79 Å². The van der Waals surface area contributed by atoms with Gasteiger partial charge in [0.05, 0.1) is 12.6 Å². The van der Waals surface area contributed by atoms with E-state index in [1.807, 2.05) is 31.2 Å². The monoisotopic (exact) mass is 318 g/mol. The van der Waals surface area contributed by atoms with E-state index in [0.717, 1.165) is 37.0 Å². The molecular weight excluding hydrogens is 288 g/mol. The summed E-state index contributed by atoms with van der Waals surface area (Å²) in [5, 5.41) is 3.12. The molecule has 23 heavy (non-hydrogen) atoms. The summed E-state index contributed by atoms with van der Waals surface area (Å²) in [6.07, 6.45) is 3.85. The van der Waals surface area contributed by atoms with Gasteiger partial charge in [0.15, 0.2) is 0 Å². The van der Waals surface area contributed by atoms with Crippen molar-refractivity contribution in [2.24, 2.45) is 17.6 Å². The van der Waals surface area contributed by atoms with Crippen LogP contribution < -0.4 is 15.8 Å². The SMILES string of the molecule is CC(C)COc1ccc(C(C)NC(=O)C2CCCC(N)C2)cc1. The van der Waals surface area contributed by atoms with E-state index >= 15 is 0 Å². The number of benzene rings is 1. The number of nitrogens with one attached hydrogen (secondary N) is 1. The lowest BCUT2D eigenvalue weighted by atomic mass is 9.85. The van der Waals surface area contributed by atoms with Crippen molar-refractivity contribution < 1.29 is 9.53 Å². The molecule has 0 aliphatic heterocycles. The summed E-state index contributed by atoms with van der Waals surface area (Å²) in [6, 6.07) is 8.15. The van der Waals surface area contributed by atoms with Crippen LogP contribution in [-0.4, -0.2) is 18.6 Å². The van der Waals surface area contributed by atoms with E-state index in [2.05, 4.69) is 19.2 Å². The number of amides is 1. The van der Waals surface area contributed by atoms with E-state index in [-0.39, 0.29) is 23.9 Å². The third-order valence-electron chi connectivity index (χ3n) is 4.41. The molecule has 3 N–H and O–H groups in total. The molecular formula is C19H30N2O2. The second kappa shape index (κ2) is 8.34. The Morgan fingerprint density at radius 1 is 1.26 bits per heavy atom. The quantitative estimate of drug-likeness (QED) is 0.845. The molecule has 128 valence electrons. The predicted octanol–water partition coefficient (Wildman–Crippen LogP) is 3.42. The Morgan fingerprint density at radius 3 is 2.57 bits per heavy atom. The van der Waals surface area contributed by atoms with Crippen LogP contribution in [0.15, 0.2) is 24.3 Å². The molecule has 4 heteroatoms. The highest BCUT2D eigenvalue weighted by atomic mass is 16.5. The molecule has 3 unspecified atom stereocenters. The smallest absolute Gasteiger partial charge is 0.223 e. The molecule has 0 bridgehead atoms. The number of ether oxygens (including phenoxy) is 1. The van der Waals surface area contributed by atoms with Crippen molar-refractivity contribution in [3.05, 3.63) is 29.8 Å². The van der Waals surface area contributed by atoms with Crippen LogP contribution in [0.2, 0.25) is 0 Å². The molecule has 0 saturated heterocycles. The van der Waals surface area contributed by atoms with Crippen LogP contribution in [0.1, 0.15) is 58.1 Å². The molecule has 1 aromatic rings. The van der Waals surface area contributed by atoms with E-state index < -0.39 is 0 Å². The molecule has 1 saturated carbocycles. The van der Waals surface area contributed by atoms with Crippen molar-refractivity contribution in [1.82, 2.24) is 5.32 Å². The van der Waals surface area contributed by atoms with Gasteiger partial charge in [0, 0.05) is 12.0 Å². The summed E-state index contributed by atoms with van der Waals surface area (Å²) >= 11 is 0. The first kappa shape index (κ1) is 17.8. The normalized spacial score (nSPS) is 22.7. The van der Waals surface area contributed by atoms with E-state index in [0.29, 0.717) is 12.5 Å². The number of rotatable bonds is 6. The maximum atomic E-state index is 12.4. The molecule has 1 aromatic carbocycles. The molecule has 1 fully saturated rings. The largest absolute Gasteiger partial charge is 0.493 e. The van der Waals surface area contributed by atoms with Gasteiger partial charge in [0.2, 0.25) is 5.91 Å². The summed E-state index contributed by atoms with van der Waals surface area (Å²) in [6.45, 7) is 6.99. The van der Waals surface area contributed by atoms with Crippen LogP contribution in [0.3, 0.4) is 0 Å². The summed E-state index contributed by atoms with van der Waals surface area (Å²) in [5.74, 6) is 1.58. The highest BCUT2D eigenvalue weighted by molar-refractivity contribution is 5.79. The molecule has 1 aliphatic rings. The number of carbonyl (C=O) groups excluding carboxylic acids is 1. The summed E-state index contributed by atoms with van der Waals surface area (Å²) in [5.41, 5.74) is 7.07. The minimum Gasteiger partial charge on any atom is -0.493 e. The number of hydrogen-bond donors (Lipinski definition) is 2. The van der Waals surface area contributed by atoms with Gasteiger partial charge in [-0.25, -0.2) is 0 Å². The van der Waals surface area contributed by atoms with Gasteiger partial charge >= 0.3 is 0 Å². The third kappa shape index (κ3) is 5.54. The Kier molecular flexibility index (Phi) is 6.46. The van der Waals surface area contributed by atoms with Crippen LogP contribution in [0.5, 0.6) is 5.75 Å². The van der Waals surface area contributed by atoms with Crippen LogP contribution >= 0.6 is 0 Å². The van der Waals surface area contributed by atoms with Gasteiger partial charge in [-0.15, -0.1) is 0 Å². The fourth-order valence-electron chi connectivity index (χ4n) is 3.00. The second-order valence-corrected chi connectivity index (χ2v) is 7.13. The van der Waals surface area contributed by atoms with Crippen LogP contribution in [0.25, 0.3) is 0 Å². The standard InChI is InChI=1S/C19H30N2O2/c1-13(2)12-23-18-9-7-15(8-10-18)14(3)21-19(22)16-5-4-6-17(20)11-16/h7-10,13-14,16-17H,4-6,11-12,20H2,1-3H3,(H,21,22). The average molecular weight is 318 g/mol. The molecule has 0 spiro atoms. The lowest BCUT2D eigenvalue weighted by molar-refractivity contribution is -0.126. The number of hydrogen-bond acceptors (Lipinski definition) is 3. The lowest BCUT2D eigenvalue weighted by Gasteiger charge is -2.27. The van der Waals surface area contributed by atoms with Gasteiger partial charge in [-0.3, -0.25) is 4.79 Å². The van der Waals surface area contributed by atoms with Gasteiger partial charge in [-0.2, -0.15) is 0 Å². The minimum absolute atomic E-state index is 0.000185. The Hall–Kier alpha value is -1.55. The highest BCUT2D eigenvalue weighted by Gasteiger charge is 2.26. The Bertz CT molecular complexity index is 499. The molecule has 0 aromatic heterocycles. The average Bonchev–Trinajstić information content (AvgIpc) is 2.53. The zero-order valence-electron chi connectivity index (χ0n) is 14.5. The van der Waals surface area contributed by atoms with Gasteiger partial charge in [-0.05, 0) is 49.8 Å². The first-order valence-electron chi connectivity index (χ1n) is 8.74. The van der Waals surface area contributed by atoms with E-state index in [1.165, 1.54) is 0 Å². The molecule has 0 heterocycles. The van der Waals surface area contributed by atoms with Crippen molar-refractivity contribution >= 4 is 5.91 Å². The lowest BCUT2D eigenvalue weighted by Crippen LogP contribution is -2.38. The molecule has 0 radical (unpaired) electrons. The highest BCUT2D eigenvalue weighted by Crippen LogP contribution is 2.25. The van der Waals surface area contributed by atoms with Crippen molar-refractivity contribution in [2.45, 2.75) is 58.5 Å². The van der Waals surface area contributed by atoms with Crippen LogP contribution in [0.4, 0.5) is 0 Å². The van der Waals surface area contributed by atoms with Crippen LogP contribution in [0, 0.1) is 11.8 Å².